The van der Waals surface area contributed by atoms with Crippen LogP contribution in [0.2, 0.25) is 5.02 Å². The number of ether oxygens (including phenoxy) is 2. The molecule has 0 bridgehead atoms. The number of carbonyl (C=O) groups excluding carboxylic acids is 2. The largest absolute Gasteiger partial charge is 0.481 e. The summed E-state index contributed by atoms with van der Waals surface area (Å²) in [5, 5.41) is 5.62. The highest BCUT2D eigenvalue weighted by Crippen LogP contribution is 2.18. The molecule has 7 heteroatoms. The van der Waals surface area contributed by atoms with Crippen LogP contribution in [0.25, 0.3) is 0 Å². The van der Waals surface area contributed by atoms with E-state index in [1.54, 1.807) is 38.3 Å². The van der Waals surface area contributed by atoms with Crippen molar-refractivity contribution in [2.75, 3.05) is 26.8 Å². The summed E-state index contributed by atoms with van der Waals surface area (Å²) >= 11 is 5.83. The predicted octanol–water partition coefficient (Wildman–Crippen LogP) is 0.986. The van der Waals surface area contributed by atoms with Crippen LogP contribution in [0.4, 0.5) is 0 Å². The second-order valence-electron chi connectivity index (χ2n) is 4.28. The zero-order valence-corrected chi connectivity index (χ0v) is 12.8. The zero-order valence-electron chi connectivity index (χ0n) is 12.0. The van der Waals surface area contributed by atoms with Gasteiger partial charge in [-0.1, -0.05) is 17.7 Å². The van der Waals surface area contributed by atoms with Crippen molar-refractivity contribution in [3.8, 4) is 5.75 Å². The van der Waals surface area contributed by atoms with Crippen molar-refractivity contribution in [2.24, 2.45) is 0 Å². The molecule has 0 fully saturated rings. The standard InChI is InChI=1S/C14H19ClN2O4/c1-10(21-12-5-3-4-11(15)8-12)14(19)17-9-13(18)16-6-7-20-2/h3-5,8,10H,6-7,9H2,1-2H3,(H,16,18)(H,17,19). The lowest BCUT2D eigenvalue weighted by Crippen LogP contribution is -2.42. The summed E-state index contributed by atoms with van der Waals surface area (Å²) in [5.41, 5.74) is 0. The quantitative estimate of drug-likeness (QED) is 0.702. The van der Waals surface area contributed by atoms with Gasteiger partial charge in [0.1, 0.15) is 5.75 Å². The third kappa shape index (κ3) is 6.97. The molecule has 21 heavy (non-hydrogen) atoms. The molecular formula is C14H19ClN2O4. The Morgan fingerprint density at radius 2 is 2.10 bits per heavy atom. The van der Waals surface area contributed by atoms with Gasteiger partial charge < -0.3 is 20.1 Å². The maximum atomic E-state index is 11.8. The van der Waals surface area contributed by atoms with Gasteiger partial charge in [0.25, 0.3) is 5.91 Å². The Morgan fingerprint density at radius 3 is 2.76 bits per heavy atom. The molecule has 0 aliphatic heterocycles. The molecule has 0 heterocycles. The lowest BCUT2D eigenvalue weighted by Gasteiger charge is -2.14. The molecule has 1 unspecified atom stereocenters. The number of hydrogen-bond acceptors (Lipinski definition) is 4. The number of benzene rings is 1. The maximum Gasteiger partial charge on any atom is 0.261 e. The minimum absolute atomic E-state index is 0.105. The van der Waals surface area contributed by atoms with E-state index in [9.17, 15) is 9.59 Å². The van der Waals surface area contributed by atoms with E-state index >= 15 is 0 Å². The molecule has 6 nitrogen and oxygen atoms in total. The van der Waals surface area contributed by atoms with Gasteiger partial charge in [-0.2, -0.15) is 0 Å². The maximum absolute atomic E-state index is 11.8. The monoisotopic (exact) mass is 314 g/mol. The van der Waals surface area contributed by atoms with E-state index < -0.39 is 6.10 Å². The van der Waals surface area contributed by atoms with Crippen molar-refractivity contribution in [1.82, 2.24) is 10.6 Å². The molecule has 0 radical (unpaired) electrons. The summed E-state index contributed by atoms with van der Waals surface area (Å²) in [5.74, 6) is -0.165. The Balaban J connectivity index is 2.32. The fraction of sp³-hybridized carbons (Fsp3) is 0.429. The van der Waals surface area contributed by atoms with E-state index in [2.05, 4.69) is 10.6 Å². The molecule has 1 atom stereocenters. The molecule has 0 saturated carbocycles. The first-order valence-corrected chi connectivity index (χ1v) is 6.86. The number of carbonyl (C=O) groups is 2. The van der Waals surface area contributed by atoms with Crippen molar-refractivity contribution in [3.63, 3.8) is 0 Å². The molecule has 0 aliphatic rings. The van der Waals surface area contributed by atoms with Crippen LogP contribution in [0.1, 0.15) is 6.92 Å². The van der Waals surface area contributed by atoms with E-state index in [1.807, 2.05) is 0 Å². The van der Waals surface area contributed by atoms with Gasteiger partial charge >= 0.3 is 0 Å². The van der Waals surface area contributed by atoms with Gasteiger partial charge in [0.15, 0.2) is 6.10 Å². The number of hydrogen-bond donors (Lipinski definition) is 2. The first kappa shape index (κ1) is 17.3. The summed E-state index contributed by atoms with van der Waals surface area (Å²) in [7, 11) is 1.54. The van der Waals surface area contributed by atoms with Crippen LogP contribution in [0.15, 0.2) is 24.3 Å². The molecule has 0 spiro atoms. The van der Waals surface area contributed by atoms with Crippen LogP contribution in [0.5, 0.6) is 5.75 Å². The SMILES string of the molecule is COCCNC(=O)CNC(=O)C(C)Oc1cccc(Cl)c1. The lowest BCUT2D eigenvalue weighted by molar-refractivity contribution is -0.130. The third-order valence-corrected chi connectivity index (χ3v) is 2.76. The minimum Gasteiger partial charge on any atom is -0.481 e. The van der Waals surface area contributed by atoms with Gasteiger partial charge in [0, 0.05) is 18.7 Å². The summed E-state index contributed by atoms with van der Waals surface area (Å²) in [4.78, 5) is 23.2. The van der Waals surface area contributed by atoms with Crippen LogP contribution < -0.4 is 15.4 Å². The molecule has 0 saturated heterocycles. The molecule has 0 aromatic heterocycles. The first-order chi connectivity index (χ1) is 10.0. The fourth-order valence-electron chi connectivity index (χ4n) is 1.46. The van der Waals surface area contributed by atoms with E-state index in [-0.39, 0.29) is 18.4 Å². The molecular weight excluding hydrogens is 296 g/mol. The highest BCUT2D eigenvalue weighted by atomic mass is 35.5. The summed E-state index contributed by atoms with van der Waals surface area (Å²) in [6.45, 7) is 2.32. The minimum atomic E-state index is -0.727. The van der Waals surface area contributed by atoms with Crippen LogP contribution in [0.3, 0.4) is 0 Å². The normalized spacial score (nSPS) is 11.6. The third-order valence-electron chi connectivity index (χ3n) is 2.53. The summed E-state index contributed by atoms with van der Waals surface area (Å²) in [6, 6.07) is 6.75. The van der Waals surface area contributed by atoms with Gasteiger partial charge in [-0.15, -0.1) is 0 Å². The van der Waals surface area contributed by atoms with Crippen LogP contribution in [-0.2, 0) is 14.3 Å². The molecule has 1 aromatic rings. The number of methoxy groups -OCH3 is 1. The number of amides is 2. The molecule has 1 rings (SSSR count). The van der Waals surface area contributed by atoms with Crippen LogP contribution >= 0.6 is 11.6 Å². The Morgan fingerprint density at radius 1 is 1.33 bits per heavy atom. The van der Waals surface area contributed by atoms with Crippen LogP contribution in [0, 0.1) is 0 Å². The lowest BCUT2D eigenvalue weighted by atomic mass is 10.3. The van der Waals surface area contributed by atoms with Crippen LogP contribution in [-0.4, -0.2) is 44.7 Å². The van der Waals surface area contributed by atoms with Crippen molar-refractivity contribution in [1.29, 1.82) is 0 Å². The van der Waals surface area contributed by atoms with Crippen molar-refractivity contribution >= 4 is 23.4 Å². The number of nitrogens with one attached hydrogen (secondary N) is 2. The topological polar surface area (TPSA) is 76.7 Å². The average Bonchev–Trinajstić information content (AvgIpc) is 2.45. The molecule has 116 valence electrons. The molecule has 2 N–H and O–H groups in total. The molecule has 1 aromatic carbocycles. The Hall–Kier alpha value is -1.79. The second-order valence-corrected chi connectivity index (χ2v) is 4.71. The highest BCUT2D eigenvalue weighted by molar-refractivity contribution is 6.30. The first-order valence-electron chi connectivity index (χ1n) is 6.48. The van der Waals surface area contributed by atoms with Gasteiger partial charge in [0.05, 0.1) is 13.2 Å². The number of rotatable bonds is 8. The smallest absolute Gasteiger partial charge is 0.261 e. The predicted molar refractivity (Wildman–Crippen MR) is 79.4 cm³/mol. The molecule has 0 aliphatic carbocycles. The van der Waals surface area contributed by atoms with Crippen molar-refractivity contribution in [2.45, 2.75) is 13.0 Å². The Labute approximate surface area is 128 Å². The second kappa shape index (κ2) is 9.20. The highest BCUT2D eigenvalue weighted by Gasteiger charge is 2.15. The Kier molecular flexibility index (Phi) is 7.56. The zero-order chi connectivity index (χ0) is 15.7. The Bertz CT molecular complexity index is 482. The van der Waals surface area contributed by atoms with Gasteiger partial charge in [0.2, 0.25) is 5.91 Å². The van der Waals surface area contributed by atoms with Gasteiger partial charge in [-0.25, -0.2) is 0 Å². The van der Waals surface area contributed by atoms with Gasteiger partial charge in [-0.05, 0) is 25.1 Å². The average molecular weight is 315 g/mol. The number of halogens is 1. The summed E-state index contributed by atoms with van der Waals surface area (Å²) < 4.78 is 10.2. The van der Waals surface area contributed by atoms with Crippen molar-refractivity contribution in [3.05, 3.63) is 29.3 Å². The fourth-order valence-corrected chi connectivity index (χ4v) is 1.64. The molecule has 2 amide bonds. The van der Waals surface area contributed by atoms with Gasteiger partial charge in [-0.3, -0.25) is 9.59 Å². The van der Waals surface area contributed by atoms with Crippen molar-refractivity contribution < 1.29 is 19.1 Å². The van der Waals surface area contributed by atoms with E-state index in [0.717, 1.165) is 0 Å². The van der Waals surface area contributed by atoms with E-state index in [1.165, 1.54) is 0 Å². The van der Waals surface area contributed by atoms with E-state index in [4.69, 9.17) is 21.1 Å². The van der Waals surface area contributed by atoms with E-state index in [0.29, 0.717) is 23.9 Å². The summed E-state index contributed by atoms with van der Waals surface area (Å²) in [6.07, 6.45) is -0.727.